The predicted octanol–water partition coefficient (Wildman–Crippen LogP) is 3.67. The van der Waals surface area contributed by atoms with Crippen LogP contribution in [0.1, 0.15) is 82.1 Å². The normalized spacial score (nSPS) is 20.2. The van der Waals surface area contributed by atoms with Gasteiger partial charge in [-0.2, -0.15) is 0 Å². The molecule has 0 radical (unpaired) electrons. The van der Waals surface area contributed by atoms with Crippen molar-refractivity contribution >= 4 is 19.2 Å². The fourth-order valence-corrected chi connectivity index (χ4v) is 3.13. The van der Waals surface area contributed by atoms with E-state index in [-0.39, 0.29) is 30.8 Å². The zero-order valence-electron chi connectivity index (χ0n) is 21.1. The highest BCUT2D eigenvalue weighted by molar-refractivity contribution is 6.45. The Morgan fingerprint density at radius 3 is 1.90 bits per heavy atom. The van der Waals surface area contributed by atoms with Gasteiger partial charge in [-0.05, 0) is 82.0 Å². The number of amides is 1. The lowest BCUT2D eigenvalue weighted by molar-refractivity contribution is -0.158. The summed E-state index contributed by atoms with van der Waals surface area (Å²) in [4.78, 5) is 24.6. The van der Waals surface area contributed by atoms with Crippen molar-refractivity contribution < 1.29 is 28.4 Å². The molecule has 1 aliphatic heterocycles. The van der Waals surface area contributed by atoms with Gasteiger partial charge in [0, 0.05) is 12.5 Å². The Kier molecular flexibility index (Phi) is 9.02. The zero-order chi connectivity index (χ0) is 24.3. The Morgan fingerprint density at radius 1 is 0.968 bits per heavy atom. The highest BCUT2D eigenvalue weighted by atomic mass is 16.7. The molecule has 180 valence electrons. The third-order valence-electron chi connectivity index (χ3n) is 5.41. The molecule has 1 saturated heterocycles. The van der Waals surface area contributed by atoms with Crippen molar-refractivity contribution in [2.24, 2.45) is 11.7 Å². The summed E-state index contributed by atoms with van der Waals surface area (Å²) in [6.45, 7) is 19.0. The van der Waals surface area contributed by atoms with Gasteiger partial charge in [-0.1, -0.05) is 6.42 Å². The van der Waals surface area contributed by atoms with Crippen molar-refractivity contribution in [1.29, 1.82) is 0 Å². The number of carbonyl (C=O) groups is 2. The van der Waals surface area contributed by atoms with Crippen molar-refractivity contribution in [3.63, 3.8) is 0 Å². The fraction of sp³-hybridized carbons (Fsp3) is 0.909. The topological polar surface area (TPSA) is 109 Å². The standard InChI is InChI=1S/C22H43BN2O6/c1-19(2,3)28-17(26)16(24)15(14-25-18(27)29-20(4,5)6)12-11-13-23-30-21(7,8)22(9,10)31-23/h15-16H,11-14,24H2,1-10H3,(H,25,27)/t15-,16-/m0/s1. The Hall–Kier alpha value is -1.32. The molecule has 0 saturated carbocycles. The van der Waals surface area contributed by atoms with Gasteiger partial charge in [0.1, 0.15) is 17.2 Å². The second kappa shape index (κ2) is 10.1. The first-order valence-corrected chi connectivity index (χ1v) is 11.1. The van der Waals surface area contributed by atoms with Gasteiger partial charge in [-0.3, -0.25) is 4.79 Å². The molecule has 2 atom stereocenters. The summed E-state index contributed by atoms with van der Waals surface area (Å²) in [5.74, 6) is -0.802. The number of carbonyl (C=O) groups excluding carboxylic acids is 2. The van der Waals surface area contributed by atoms with E-state index in [0.29, 0.717) is 19.2 Å². The smallest absolute Gasteiger partial charge is 0.457 e. The van der Waals surface area contributed by atoms with Gasteiger partial charge in [0.05, 0.1) is 11.2 Å². The summed E-state index contributed by atoms with van der Waals surface area (Å²) in [7, 11) is -0.317. The largest absolute Gasteiger partial charge is 0.459 e. The van der Waals surface area contributed by atoms with E-state index in [1.807, 2.05) is 27.7 Å². The van der Waals surface area contributed by atoms with E-state index in [4.69, 9.17) is 24.5 Å². The lowest BCUT2D eigenvalue weighted by Gasteiger charge is -2.32. The molecule has 8 nitrogen and oxygen atoms in total. The molecule has 0 aromatic carbocycles. The number of alkyl carbamates (subject to hydrolysis) is 1. The maximum Gasteiger partial charge on any atom is 0.457 e. The van der Waals surface area contributed by atoms with Crippen molar-refractivity contribution in [2.45, 2.75) is 117 Å². The Morgan fingerprint density at radius 2 is 1.45 bits per heavy atom. The third kappa shape index (κ3) is 9.37. The van der Waals surface area contributed by atoms with E-state index in [9.17, 15) is 9.59 Å². The van der Waals surface area contributed by atoms with E-state index in [0.717, 1.165) is 0 Å². The SMILES string of the molecule is CC(C)(C)OC(=O)NC[C@H](CCCB1OC(C)(C)C(C)(C)O1)[C@H](N)C(=O)OC(C)(C)C. The van der Waals surface area contributed by atoms with Crippen LogP contribution in [0.2, 0.25) is 6.32 Å². The highest BCUT2D eigenvalue weighted by Gasteiger charge is 2.50. The summed E-state index contributed by atoms with van der Waals surface area (Å²) < 4.78 is 22.8. The second-order valence-electron chi connectivity index (χ2n) is 11.3. The summed E-state index contributed by atoms with van der Waals surface area (Å²) in [5.41, 5.74) is 4.21. The number of hydrogen-bond donors (Lipinski definition) is 2. The average molecular weight is 442 g/mol. The first kappa shape index (κ1) is 27.7. The molecule has 1 heterocycles. The van der Waals surface area contributed by atoms with Crippen LogP contribution in [0.4, 0.5) is 4.79 Å². The van der Waals surface area contributed by atoms with Crippen LogP contribution in [0.3, 0.4) is 0 Å². The molecular weight excluding hydrogens is 399 g/mol. The minimum absolute atomic E-state index is 0.207. The molecule has 3 N–H and O–H groups in total. The summed E-state index contributed by atoms with van der Waals surface area (Å²) in [6, 6.07) is -0.868. The van der Waals surface area contributed by atoms with E-state index in [1.54, 1.807) is 41.5 Å². The van der Waals surface area contributed by atoms with Gasteiger partial charge in [0.25, 0.3) is 0 Å². The summed E-state index contributed by atoms with van der Waals surface area (Å²) in [5, 5.41) is 2.73. The van der Waals surface area contributed by atoms with E-state index in [1.165, 1.54) is 0 Å². The van der Waals surface area contributed by atoms with Gasteiger partial charge in [0.15, 0.2) is 0 Å². The van der Waals surface area contributed by atoms with Gasteiger partial charge in [-0.25, -0.2) is 4.79 Å². The van der Waals surface area contributed by atoms with Crippen molar-refractivity contribution in [3.05, 3.63) is 0 Å². The lowest BCUT2D eigenvalue weighted by atomic mass is 9.80. The first-order valence-electron chi connectivity index (χ1n) is 11.1. The second-order valence-corrected chi connectivity index (χ2v) is 11.3. The molecule has 0 aromatic rings. The maximum absolute atomic E-state index is 12.5. The van der Waals surface area contributed by atoms with Crippen LogP contribution in [-0.4, -0.2) is 54.2 Å². The highest BCUT2D eigenvalue weighted by Crippen LogP contribution is 2.38. The van der Waals surface area contributed by atoms with Crippen molar-refractivity contribution in [2.75, 3.05) is 6.54 Å². The Bertz CT molecular complexity index is 608. The molecular formula is C22H43BN2O6. The van der Waals surface area contributed by atoms with Crippen LogP contribution in [0, 0.1) is 5.92 Å². The van der Waals surface area contributed by atoms with Gasteiger partial charge >= 0.3 is 19.2 Å². The zero-order valence-corrected chi connectivity index (χ0v) is 21.1. The molecule has 1 amide bonds. The molecule has 9 heteroatoms. The number of nitrogens with one attached hydrogen (secondary N) is 1. The Labute approximate surface area is 188 Å². The Balaban J connectivity index is 2.71. The van der Waals surface area contributed by atoms with E-state index < -0.39 is 29.3 Å². The van der Waals surface area contributed by atoms with Gasteiger partial charge in [-0.15, -0.1) is 0 Å². The molecule has 31 heavy (non-hydrogen) atoms. The van der Waals surface area contributed by atoms with E-state index >= 15 is 0 Å². The minimum atomic E-state index is -0.868. The molecule has 1 fully saturated rings. The molecule has 0 aromatic heterocycles. The van der Waals surface area contributed by atoms with Crippen molar-refractivity contribution in [3.8, 4) is 0 Å². The van der Waals surface area contributed by atoms with Crippen LogP contribution in [-0.2, 0) is 23.6 Å². The van der Waals surface area contributed by atoms with Crippen LogP contribution >= 0.6 is 0 Å². The van der Waals surface area contributed by atoms with E-state index in [2.05, 4.69) is 5.32 Å². The van der Waals surface area contributed by atoms with Crippen LogP contribution in [0.5, 0.6) is 0 Å². The number of ether oxygens (including phenoxy) is 2. The lowest BCUT2D eigenvalue weighted by Crippen LogP contribution is -2.47. The fourth-order valence-electron chi connectivity index (χ4n) is 3.13. The predicted molar refractivity (Wildman–Crippen MR) is 122 cm³/mol. The number of nitrogens with two attached hydrogens (primary N) is 1. The molecule has 0 aliphatic carbocycles. The first-order chi connectivity index (χ1) is 13.8. The van der Waals surface area contributed by atoms with Crippen LogP contribution < -0.4 is 11.1 Å². The van der Waals surface area contributed by atoms with Crippen LogP contribution in [0.15, 0.2) is 0 Å². The maximum atomic E-state index is 12.5. The monoisotopic (exact) mass is 442 g/mol. The molecule has 1 aliphatic rings. The molecule has 1 rings (SSSR count). The quantitative estimate of drug-likeness (QED) is 0.436. The number of hydrogen-bond acceptors (Lipinski definition) is 7. The number of rotatable bonds is 8. The van der Waals surface area contributed by atoms with Gasteiger partial charge < -0.3 is 29.8 Å². The summed E-state index contributed by atoms with van der Waals surface area (Å²) >= 11 is 0. The number of esters is 1. The minimum Gasteiger partial charge on any atom is -0.459 e. The summed E-state index contributed by atoms with van der Waals surface area (Å²) in [6.07, 6.45) is 1.44. The average Bonchev–Trinajstić information content (AvgIpc) is 2.73. The molecule has 0 bridgehead atoms. The molecule has 0 unspecified atom stereocenters. The van der Waals surface area contributed by atoms with Crippen LogP contribution in [0.25, 0.3) is 0 Å². The van der Waals surface area contributed by atoms with Gasteiger partial charge in [0.2, 0.25) is 0 Å². The molecule has 0 spiro atoms. The third-order valence-corrected chi connectivity index (χ3v) is 5.41. The van der Waals surface area contributed by atoms with Crippen molar-refractivity contribution in [1.82, 2.24) is 5.32 Å².